The highest BCUT2D eigenvalue weighted by atomic mass is 19.3. The summed E-state index contributed by atoms with van der Waals surface area (Å²) >= 11 is 0. The number of esters is 1. The highest BCUT2D eigenvalue weighted by molar-refractivity contribution is 5.98. The minimum absolute atomic E-state index is 0.00467. The van der Waals surface area contributed by atoms with Crippen molar-refractivity contribution in [2.24, 2.45) is 0 Å². The number of aryl methyl sites for hydroxylation is 1. The second kappa shape index (κ2) is 5.56. The Bertz CT molecular complexity index is 540. The van der Waals surface area contributed by atoms with E-state index in [1.165, 1.54) is 25.1 Å². The largest absolute Gasteiger partial charge is 0.502 e. The number of benzene rings is 1. The molecule has 1 aliphatic rings. The van der Waals surface area contributed by atoms with Crippen molar-refractivity contribution < 1.29 is 27.8 Å². The lowest BCUT2D eigenvalue weighted by Crippen LogP contribution is -2.37. The second-order valence-electron chi connectivity index (χ2n) is 4.43. The van der Waals surface area contributed by atoms with E-state index >= 15 is 0 Å². The summed E-state index contributed by atoms with van der Waals surface area (Å²) in [5.41, 5.74) is 1.20. The first-order valence-electron chi connectivity index (χ1n) is 6.34. The number of hydrogen-bond donors (Lipinski definition) is 0. The van der Waals surface area contributed by atoms with Crippen LogP contribution in [0.3, 0.4) is 0 Å². The highest BCUT2D eigenvalue weighted by Gasteiger charge is 2.44. The van der Waals surface area contributed by atoms with Crippen molar-refractivity contribution in [3.05, 3.63) is 29.3 Å². The number of alkyl halides is 2. The second-order valence-corrected chi connectivity index (χ2v) is 4.43. The number of halogens is 2. The molecule has 4 nitrogen and oxygen atoms in total. The number of ketones is 1. The lowest BCUT2D eigenvalue weighted by atomic mass is 9.90. The molecule has 6 heteroatoms. The van der Waals surface area contributed by atoms with Crippen molar-refractivity contribution in [1.29, 1.82) is 0 Å². The summed E-state index contributed by atoms with van der Waals surface area (Å²) in [7, 11) is 0. The van der Waals surface area contributed by atoms with Gasteiger partial charge in [0, 0.05) is 12.0 Å². The first-order chi connectivity index (χ1) is 9.44. The Kier molecular flexibility index (Phi) is 4.01. The lowest BCUT2D eigenvalue weighted by Gasteiger charge is -2.19. The molecule has 0 heterocycles. The smallest absolute Gasteiger partial charge is 0.459 e. The Hall–Kier alpha value is -1.98. The average molecular weight is 284 g/mol. The zero-order valence-electron chi connectivity index (χ0n) is 10.9. The molecule has 1 aromatic rings. The summed E-state index contributed by atoms with van der Waals surface area (Å²) in [6.45, 7) is 1.27. The zero-order valence-corrected chi connectivity index (χ0v) is 10.9. The molecule has 0 radical (unpaired) electrons. The predicted octanol–water partition coefficient (Wildman–Crippen LogP) is 2.74. The van der Waals surface area contributed by atoms with Crippen molar-refractivity contribution in [3.63, 3.8) is 0 Å². The van der Waals surface area contributed by atoms with Crippen LogP contribution in [0.2, 0.25) is 0 Å². The number of Topliss-reactive ketones (excluding diaryl/α,β-unsaturated/α-hetero) is 1. The summed E-state index contributed by atoms with van der Waals surface area (Å²) in [6.07, 6.45) is -2.26. The topological polar surface area (TPSA) is 52.6 Å². The van der Waals surface area contributed by atoms with Crippen LogP contribution >= 0.6 is 0 Å². The third kappa shape index (κ3) is 2.95. The molecule has 0 N–H and O–H groups in total. The van der Waals surface area contributed by atoms with E-state index < -0.39 is 12.1 Å². The third-order valence-corrected chi connectivity index (χ3v) is 2.99. The fraction of sp³-hybridized carbons (Fsp3) is 0.429. The van der Waals surface area contributed by atoms with Gasteiger partial charge in [-0.05, 0) is 43.5 Å². The van der Waals surface area contributed by atoms with Crippen LogP contribution in [0.5, 0.6) is 5.75 Å². The van der Waals surface area contributed by atoms with Crippen LogP contribution in [-0.2, 0) is 16.0 Å². The van der Waals surface area contributed by atoms with E-state index in [1.54, 1.807) is 0 Å². The van der Waals surface area contributed by atoms with Gasteiger partial charge in [0.1, 0.15) is 5.75 Å². The maximum absolute atomic E-state index is 13.4. The van der Waals surface area contributed by atoms with Crippen molar-refractivity contribution in [2.45, 2.75) is 32.3 Å². The van der Waals surface area contributed by atoms with Gasteiger partial charge in [-0.1, -0.05) is 0 Å². The molecule has 0 amide bonds. The van der Waals surface area contributed by atoms with E-state index in [1.807, 2.05) is 0 Å². The molecule has 0 spiro atoms. The summed E-state index contributed by atoms with van der Waals surface area (Å²) in [5, 5.41) is 0. The van der Waals surface area contributed by atoms with Crippen molar-refractivity contribution in [2.75, 3.05) is 6.61 Å². The SMILES string of the molecule is CCOC(=O)C(F)(F)Oc1ccc2c(c1)CCCC2=O. The van der Waals surface area contributed by atoms with Gasteiger partial charge in [-0.15, -0.1) is 0 Å². The summed E-state index contributed by atoms with van der Waals surface area (Å²) in [6, 6.07) is 4.09. The minimum Gasteiger partial charge on any atom is -0.459 e. The van der Waals surface area contributed by atoms with Gasteiger partial charge in [-0.25, -0.2) is 4.79 Å². The van der Waals surface area contributed by atoms with Crippen LogP contribution in [0.1, 0.15) is 35.7 Å². The van der Waals surface area contributed by atoms with E-state index in [-0.39, 0.29) is 18.1 Å². The van der Waals surface area contributed by atoms with Crippen molar-refractivity contribution in [1.82, 2.24) is 0 Å². The molecule has 0 bridgehead atoms. The van der Waals surface area contributed by atoms with Crippen molar-refractivity contribution in [3.8, 4) is 5.75 Å². The molecule has 0 aliphatic heterocycles. The number of ether oxygens (including phenoxy) is 2. The molecule has 2 rings (SSSR count). The van der Waals surface area contributed by atoms with Gasteiger partial charge >= 0.3 is 12.1 Å². The highest BCUT2D eigenvalue weighted by Crippen LogP contribution is 2.29. The van der Waals surface area contributed by atoms with Gasteiger partial charge < -0.3 is 9.47 Å². The van der Waals surface area contributed by atoms with Gasteiger partial charge in [-0.3, -0.25) is 4.79 Å². The third-order valence-electron chi connectivity index (χ3n) is 2.99. The standard InChI is InChI=1S/C14H14F2O4/c1-2-19-13(18)14(15,16)20-10-6-7-11-9(8-10)4-3-5-12(11)17/h6-8H,2-5H2,1H3. The Labute approximate surface area is 114 Å². The van der Waals surface area contributed by atoms with Crippen LogP contribution in [0.4, 0.5) is 8.78 Å². The molecule has 1 aromatic carbocycles. The number of hydrogen-bond acceptors (Lipinski definition) is 4. The van der Waals surface area contributed by atoms with Gasteiger partial charge in [0.05, 0.1) is 6.61 Å². The molecule has 0 fully saturated rings. The quantitative estimate of drug-likeness (QED) is 0.798. The van der Waals surface area contributed by atoms with Gasteiger partial charge in [0.25, 0.3) is 0 Å². The first kappa shape index (κ1) is 14.4. The molecule has 0 unspecified atom stereocenters. The summed E-state index contributed by atoms with van der Waals surface area (Å²) in [4.78, 5) is 22.7. The number of rotatable bonds is 4. The van der Waals surface area contributed by atoms with Gasteiger partial charge in [0.15, 0.2) is 5.78 Å². The number of carbonyl (C=O) groups is 2. The molecule has 0 atom stereocenters. The molecule has 20 heavy (non-hydrogen) atoms. The molecular weight excluding hydrogens is 270 g/mol. The zero-order chi connectivity index (χ0) is 14.8. The van der Waals surface area contributed by atoms with Crippen LogP contribution in [0.25, 0.3) is 0 Å². The van der Waals surface area contributed by atoms with E-state index in [0.29, 0.717) is 30.4 Å². The first-order valence-corrected chi connectivity index (χ1v) is 6.34. The van der Waals surface area contributed by atoms with Gasteiger partial charge in [0.2, 0.25) is 0 Å². The van der Waals surface area contributed by atoms with Gasteiger partial charge in [-0.2, -0.15) is 8.78 Å². The van der Waals surface area contributed by atoms with Crippen LogP contribution in [0, 0.1) is 0 Å². The molecule has 0 aromatic heterocycles. The van der Waals surface area contributed by atoms with Crippen LogP contribution in [-0.4, -0.2) is 24.5 Å². The average Bonchev–Trinajstić information content (AvgIpc) is 2.38. The lowest BCUT2D eigenvalue weighted by molar-refractivity contribution is -0.216. The summed E-state index contributed by atoms with van der Waals surface area (Å²) in [5.74, 6) is -1.89. The number of carbonyl (C=O) groups excluding carboxylic acids is 2. The number of fused-ring (bicyclic) bond motifs is 1. The van der Waals surface area contributed by atoms with E-state index in [0.717, 1.165) is 0 Å². The van der Waals surface area contributed by atoms with Crippen LogP contribution < -0.4 is 4.74 Å². The van der Waals surface area contributed by atoms with Crippen LogP contribution in [0.15, 0.2) is 18.2 Å². The van der Waals surface area contributed by atoms with E-state index in [9.17, 15) is 18.4 Å². The maximum Gasteiger partial charge on any atom is 0.502 e. The molecular formula is C14H14F2O4. The Morgan fingerprint density at radius 1 is 1.35 bits per heavy atom. The fourth-order valence-electron chi connectivity index (χ4n) is 2.09. The maximum atomic E-state index is 13.4. The molecule has 1 aliphatic carbocycles. The molecule has 108 valence electrons. The monoisotopic (exact) mass is 284 g/mol. The van der Waals surface area contributed by atoms with Crippen molar-refractivity contribution >= 4 is 11.8 Å². The fourth-order valence-corrected chi connectivity index (χ4v) is 2.09. The Morgan fingerprint density at radius 3 is 2.80 bits per heavy atom. The Balaban J connectivity index is 2.18. The normalized spacial score (nSPS) is 14.7. The van der Waals surface area contributed by atoms with E-state index in [2.05, 4.69) is 9.47 Å². The molecule has 0 saturated heterocycles. The minimum atomic E-state index is -4.04. The Morgan fingerprint density at radius 2 is 2.10 bits per heavy atom. The molecule has 0 saturated carbocycles. The van der Waals surface area contributed by atoms with E-state index in [4.69, 9.17) is 0 Å². The summed E-state index contributed by atoms with van der Waals surface area (Å²) < 4.78 is 35.5. The predicted molar refractivity (Wildman–Crippen MR) is 65.9 cm³/mol.